The van der Waals surface area contributed by atoms with Crippen molar-refractivity contribution in [3.05, 3.63) is 43.5 Å². The van der Waals surface area contributed by atoms with Gasteiger partial charge in [-0.05, 0) is 35.0 Å². The Kier molecular flexibility index (Phi) is 3.99. The van der Waals surface area contributed by atoms with Crippen LogP contribution in [-0.2, 0) is 0 Å². The lowest BCUT2D eigenvalue weighted by Gasteiger charge is -2.08. The van der Waals surface area contributed by atoms with Crippen LogP contribution in [0.15, 0.2) is 22.0 Å². The van der Waals surface area contributed by atoms with Crippen molar-refractivity contribution in [3.8, 4) is 0 Å². The number of nitrogens with one attached hydrogen (secondary N) is 1. The summed E-state index contributed by atoms with van der Waals surface area (Å²) in [5, 5.41) is 5.17. The van der Waals surface area contributed by atoms with E-state index >= 15 is 0 Å². The van der Waals surface area contributed by atoms with Crippen molar-refractivity contribution in [2.45, 2.75) is 6.92 Å². The largest absolute Gasteiger partial charge is 0.318 e. The van der Waals surface area contributed by atoms with Crippen LogP contribution in [0.5, 0.6) is 0 Å². The Hall–Kier alpha value is -0.980. The number of aromatic nitrogens is 1. The average Bonchev–Trinajstić information content (AvgIpc) is 2.70. The SMILES string of the molecule is Cc1nc(C(=O)Nc2c(Cl)cc(F)cc2Br)cs1. The smallest absolute Gasteiger partial charge is 0.275 e. The molecule has 0 aliphatic rings. The molecule has 0 atom stereocenters. The van der Waals surface area contributed by atoms with Crippen molar-refractivity contribution >= 4 is 50.5 Å². The Balaban J connectivity index is 2.27. The summed E-state index contributed by atoms with van der Waals surface area (Å²) in [6, 6.07) is 2.36. The minimum atomic E-state index is -0.477. The van der Waals surface area contributed by atoms with Gasteiger partial charge >= 0.3 is 0 Å². The zero-order valence-corrected chi connectivity index (χ0v) is 12.3. The number of rotatable bonds is 2. The van der Waals surface area contributed by atoms with Crippen molar-refractivity contribution in [3.63, 3.8) is 0 Å². The number of hydrogen-bond donors (Lipinski definition) is 1. The molecule has 1 aromatic carbocycles. The van der Waals surface area contributed by atoms with Crippen LogP contribution in [0.3, 0.4) is 0 Å². The summed E-state index contributed by atoms with van der Waals surface area (Å²) in [5.41, 5.74) is 0.638. The van der Waals surface area contributed by atoms with E-state index in [-0.39, 0.29) is 10.9 Å². The van der Waals surface area contributed by atoms with Crippen LogP contribution in [0.1, 0.15) is 15.5 Å². The van der Waals surface area contributed by atoms with Gasteiger partial charge in [0, 0.05) is 9.85 Å². The highest BCUT2D eigenvalue weighted by Gasteiger charge is 2.14. The normalized spacial score (nSPS) is 10.4. The highest BCUT2D eigenvalue weighted by Crippen LogP contribution is 2.32. The van der Waals surface area contributed by atoms with Crippen molar-refractivity contribution in [1.82, 2.24) is 4.98 Å². The molecule has 18 heavy (non-hydrogen) atoms. The van der Waals surface area contributed by atoms with E-state index in [0.29, 0.717) is 15.9 Å². The number of carbonyl (C=O) groups is 1. The van der Waals surface area contributed by atoms with Crippen molar-refractivity contribution in [2.75, 3.05) is 5.32 Å². The minimum absolute atomic E-state index is 0.127. The third-order valence-corrected chi connectivity index (χ3v) is 3.79. The fraction of sp³-hybridized carbons (Fsp3) is 0.0909. The fourth-order valence-corrected chi connectivity index (χ4v) is 2.80. The number of thiazole rings is 1. The van der Waals surface area contributed by atoms with Gasteiger partial charge < -0.3 is 5.32 Å². The van der Waals surface area contributed by atoms with Crippen molar-refractivity contribution in [1.29, 1.82) is 0 Å². The molecule has 3 nitrogen and oxygen atoms in total. The monoisotopic (exact) mass is 348 g/mol. The number of nitrogens with zero attached hydrogens (tertiary/aromatic N) is 1. The average molecular weight is 350 g/mol. The Labute approximate surface area is 120 Å². The minimum Gasteiger partial charge on any atom is -0.318 e. The highest BCUT2D eigenvalue weighted by molar-refractivity contribution is 9.10. The molecule has 0 unspecified atom stereocenters. The molecule has 0 radical (unpaired) electrons. The topological polar surface area (TPSA) is 42.0 Å². The summed E-state index contributed by atoms with van der Waals surface area (Å²) in [4.78, 5) is 15.9. The number of halogens is 3. The van der Waals surface area contributed by atoms with E-state index in [4.69, 9.17) is 11.6 Å². The third-order valence-electron chi connectivity index (χ3n) is 2.10. The molecule has 7 heteroatoms. The quantitative estimate of drug-likeness (QED) is 0.880. The number of carbonyl (C=O) groups excluding carboxylic acids is 1. The predicted octanol–water partition coefficient (Wildman–Crippen LogP) is 4.26. The lowest BCUT2D eigenvalue weighted by Crippen LogP contribution is -2.13. The lowest BCUT2D eigenvalue weighted by molar-refractivity contribution is 0.102. The van der Waals surface area contributed by atoms with Gasteiger partial charge in [-0.3, -0.25) is 4.79 Å². The molecule has 1 amide bonds. The first kappa shape index (κ1) is 13.5. The van der Waals surface area contributed by atoms with Gasteiger partial charge in [0.1, 0.15) is 11.5 Å². The second kappa shape index (κ2) is 5.34. The third kappa shape index (κ3) is 2.88. The number of benzene rings is 1. The maximum absolute atomic E-state index is 13.0. The lowest BCUT2D eigenvalue weighted by atomic mass is 10.3. The van der Waals surface area contributed by atoms with Crippen LogP contribution < -0.4 is 5.32 Å². The van der Waals surface area contributed by atoms with E-state index in [0.717, 1.165) is 11.1 Å². The number of hydrogen-bond acceptors (Lipinski definition) is 3. The maximum atomic E-state index is 13.0. The molecule has 1 aromatic heterocycles. The first-order valence-corrected chi connectivity index (χ1v) is 6.90. The summed E-state index contributed by atoms with van der Waals surface area (Å²) in [7, 11) is 0. The van der Waals surface area contributed by atoms with E-state index in [1.165, 1.54) is 17.4 Å². The molecule has 1 heterocycles. The second-order valence-electron chi connectivity index (χ2n) is 3.45. The Morgan fingerprint density at radius 2 is 2.28 bits per heavy atom. The van der Waals surface area contributed by atoms with Crippen LogP contribution in [0.4, 0.5) is 10.1 Å². The van der Waals surface area contributed by atoms with Crippen LogP contribution >= 0.6 is 38.9 Å². The van der Waals surface area contributed by atoms with Gasteiger partial charge in [0.25, 0.3) is 5.91 Å². The molecular formula is C11H7BrClFN2OS. The molecule has 94 valence electrons. The van der Waals surface area contributed by atoms with Crippen LogP contribution in [0, 0.1) is 12.7 Å². The zero-order valence-electron chi connectivity index (χ0n) is 9.13. The van der Waals surface area contributed by atoms with Gasteiger partial charge in [0.15, 0.2) is 0 Å². The van der Waals surface area contributed by atoms with Gasteiger partial charge in [-0.1, -0.05) is 11.6 Å². The highest BCUT2D eigenvalue weighted by atomic mass is 79.9. The molecule has 0 spiro atoms. The van der Waals surface area contributed by atoms with E-state index in [1.807, 2.05) is 6.92 Å². The Bertz CT molecular complexity index is 594. The maximum Gasteiger partial charge on any atom is 0.275 e. The van der Waals surface area contributed by atoms with Crippen LogP contribution in [0.25, 0.3) is 0 Å². The summed E-state index contributed by atoms with van der Waals surface area (Å²) >= 11 is 10.4. The molecular weight excluding hydrogens is 343 g/mol. The van der Waals surface area contributed by atoms with E-state index in [2.05, 4.69) is 26.2 Å². The summed E-state index contributed by atoms with van der Waals surface area (Å²) < 4.78 is 13.4. The molecule has 0 bridgehead atoms. The van der Waals surface area contributed by atoms with Gasteiger partial charge in [0.2, 0.25) is 0 Å². The first-order chi connectivity index (χ1) is 8.47. The molecule has 0 aliphatic heterocycles. The van der Waals surface area contributed by atoms with E-state index in [1.54, 1.807) is 5.38 Å². The van der Waals surface area contributed by atoms with Gasteiger partial charge in [-0.2, -0.15) is 0 Å². The predicted molar refractivity (Wildman–Crippen MR) is 73.9 cm³/mol. The molecule has 0 aliphatic carbocycles. The molecule has 2 aromatic rings. The number of amides is 1. The second-order valence-corrected chi connectivity index (χ2v) is 5.77. The first-order valence-electron chi connectivity index (χ1n) is 4.85. The van der Waals surface area contributed by atoms with Crippen LogP contribution in [0.2, 0.25) is 5.02 Å². The summed E-state index contributed by atoms with van der Waals surface area (Å²) in [5.74, 6) is -0.858. The Morgan fingerprint density at radius 1 is 1.56 bits per heavy atom. The van der Waals surface area contributed by atoms with Gasteiger partial charge in [-0.25, -0.2) is 9.37 Å². The Morgan fingerprint density at radius 3 is 2.83 bits per heavy atom. The number of aryl methyl sites for hydroxylation is 1. The molecule has 2 rings (SSSR count). The van der Waals surface area contributed by atoms with Crippen LogP contribution in [-0.4, -0.2) is 10.9 Å². The van der Waals surface area contributed by atoms with Crippen molar-refractivity contribution in [2.24, 2.45) is 0 Å². The number of anilines is 1. The fourth-order valence-electron chi connectivity index (χ4n) is 1.31. The van der Waals surface area contributed by atoms with Gasteiger partial charge in [0.05, 0.1) is 15.7 Å². The summed E-state index contributed by atoms with van der Waals surface area (Å²) in [6.45, 7) is 1.81. The molecule has 0 saturated carbocycles. The molecule has 1 N–H and O–H groups in total. The molecule has 0 saturated heterocycles. The van der Waals surface area contributed by atoms with Crippen molar-refractivity contribution < 1.29 is 9.18 Å². The standard InChI is InChI=1S/C11H7BrClFN2OS/c1-5-15-9(4-18-5)11(17)16-10-7(12)2-6(14)3-8(10)13/h2-4H,1H3,(H,16,17). The molecule has 0 fully saturated rings. The van der Waals surface area contributed by atoms with E-state index in [9.17, 15) is 9.18 Å². The van der Waals surface area contributed by atoms with Gasteiger partial charge in [-0.15, -0.1) is 11.3 Å². The zero-order chi connectivity index (χ0) is 13.3. The summed E-state index contributed by atoms with van der Waals surface area (Å²) in [6.07, 6.45) is 0. The van der Waals surface area contributed by atoms with E-state index < -0.39 is 5.82 Å².